The van der Waals surface area contributed by atoms with Gasteiger partial charge in [0.2, 0.25) is 17.7 Å². The molecule has 0 radical (unpaired) electrons. The molecule has 1 saturated heterocycles. The molecule has 0 aromatic carbocycles. The highest BCUT2D eigenvalue weighted by molar-refractivity contribution is 6.07. The van der Waals surface area contributed by atoms with Crippen LogP contribution in [0, 0.1) is 0 Å². The fourth-order valence-electron chi connectivity index (χ4n) is 1.27. The Bertz CT molecular complexity index is 288. The molecule has 84 valence electrons. The van der Waals surface area contributed by atoms with Crippen LogP contribution in [-0.2, 0) is 14.4 Å². The summed E-state index contributed by atoms with van der Waals surface area (Å²) >= 11 is 0. The van der Waals surface area contributed by atoms with E-state index in [1.165, 1.54) is 0 Å². The maximum Gasteiger partial charge on any atom is 0.248 e. The van der Waals surface area contributed by atoms with Gasteiger partial charge in [0.25, 0.3) is 0 Å². The van der Waals surface area contributed by atoms with Gasteiger partial charge in [0.15, 0.2) is 0 Å². The van der Waals surface area contributed by atoms with Gasteiger partial charge in [-0.15, -0.1) is 0 Å². The molecule has 6 nitrogen and oxygen atoms in total. The van der Waals surface area contributed by atoms with Gasteiger partial charge in [-0.1, -0.05) is 0 Å². The molecule has 0 saturated carbocycles. The van der Waals surface area contributed by atoms with Crippen molar-refractivity contribution in [2.75, 3.05) is 13.1 Å². The molecule has 0 spiro atoms. The molecule has 1 unspecified atom stereocenters. The zero-order valence-electron chi connectivity index (χ0n) is 8.52. The minimum atomic E-state index is -0.572. The molecular formula is C9H14N2O4. The Kier molecular flexibility index (Phi) is 3.79. The highest BCUT2D eigenvalue weighted by Crippen LogP contribution is 2.03. The Hall–Kier alpha value is -1.43. The van der Waals surface area contributed by atoms with E-state index in [-0.39, 0.29) is 19.5 Å². The number of amides is 3. The first-order valence-corrected chi connectivity index (χ1v) is 4.78. The largest absolute Gasteiger partial charge is 0.393 e. The van der Waals surface area contributed by atoms with Gasteiger partial charge >= 0.3 is 0 Å². The number of hydrogen-bond donors (Lipinski definition) is 2. The number of carbonyl (C=O) groups excluding carboxylic acids is 3. The topological polar surface area (TPSA) is 86.7 Å². The van der Waals surface area contributed by atoms with Crippen molar-refractivity contribution in [3.63, 3.8) is 0 Å². The standard InChI is InChI=1S/C9H14N2O4/c1-6(12)2-3-11-8(14)4-7(13)10-5-9(11)15/h6,12H,2-5H2,1H3,(H,10,13). The highest BCUT2D eigenvalue weighted by atomic mass is 16.3. The molecule has 0 aliphatic carbocycles. The average Bonchev–Trinajstić information content (AvgIpc) is 2.24. The Labute approximate surface area is 87.2 Å². The van der Waals surface area contributed by atoms with E-state index >= 15 is 0 Å². The molecule has 1 aliphatic rings. The number of carbonyl (C=O) groups is 3. The first kappa shape index (κ1) is 11.6. The van der Waals surface area contributed by atoms with Crippen LogP contribution in [-0.4, -0.2) is 46.9 Å². The number of imide groups is 1. The number of nitrogens with zero attached hydrogens (tertiary/aromatic N) is 1. The van der Waals surface area contributed by atoms with Crippen LogP contribution in [0.3, 0.4) is 0 Å². The molecular weight excluding hydrogens is 200 g/mol. The van der Waals surface area contributed by atoms with Crippen LogP contribution in [0.4, 0.5) is 0 Å². The highest BCUT2D eigenvalue weighted by Gasteiger charge is 2.27. The van der Waals surface area contributed by atoms with Crippen LogP contribution in [0.1, 0.15) is 19.8 Å². The lowest BCUT2D eigenvalue weighted by atomic mass is 10.2. The minimum Gasteiger partial charge on any atom is -0.393 e. The van der Waals surface area contributed by atoms with Gasteiger partial charge < -0.3 is 10.4 Å². The third-order valence-corrected chi connectivity index (χ3v) is 2.12. The van der Waals surface area contributed by atoms with Crippen LogP contribution in [0.25, 0.3) is 0 Å². The monoisotopic (exact) mass is 214 g/mol. The van der Waals surface area contributed by atoms with Gasteiger partial charge in [0, 0.05) is 6.54 Å². The number of hydrogen-bond acceptors (Lipinski definition) is 4. The summed E-state index contributed by atoms with van der Waals surface area (Å²) in [4.78, 5) is 34.8. The molecule has 3 amide bonds. The zero-order valence-corrected chi connectivity index (χ0v) is 8.52. The molecule has 15 heavy (non-hydrogen) atoms. The van der Waals surface area contributed by atoms with Gasteiger partial charge in [0.1, 0.15) is 6.42 Å². The zero-order chi connectivity index (χ0) is 11.4. The van der Waals surface area contributed by atoms with Crippen LogP contribution in [0.2, 0.25) is 0 Å². The van der Waals surface area contributed by atoms with E-state index in [2.05, 4.69) is 5.32 Å². The minimum absolute atomic E-state index is 0.148. The van der Waals surface area contributed by atoms with Crippen LogP contribution in [0.15, 0.2) is 0 Å². The van der Waals surface area contributed by atoms with Crippen molar-refractivity contribution in [3.8, 4) is 0 Å². The Morgan fingerprint density at radius 3 is 2.67 bits per heavy atom. The molecule has 2 N–H and O–H groups in total. The van der Waals surface area contributed by atoms with E-state index in [0.717, 1.165) is 4.90 Å². The van der Waals surface area contributed by atoms with E-state index in [1.807, 2.05) is 0 Å². The second kappa shape index (κ2) is 4.88. The molecule has 1 rings (SSSR count). The lowest BCUT2D eigenvalue weighted by Crippen LogP contribution is -2.39. The Morgan fingerprint density at radius 2 is 2.07 bits per heavy atom. The van der Waals surface area contributed by atoms with Crippen molar-refractivity contribution >= 4 is 17.7 Å². The summed E-state index contributed by atoms with van der Waals surface area (Å²) in [6, 6.07) is 0. The number of rotatable bonds is 3. The Balaban J connectivity index is 2.62. The van der Waals surface area contributed by atoms with E-state index in [4.69, 9.17) is 5.11 Å². The van der Waals surface area contributed by atoms with Crippen LogP contribution >= 0.6 is 0 Å². The molecule has 1 heterocycles. The molecule has 1 aliphatic heterocycles. The van der Waals surface area contributed by atoms with Gasteiger partial charge in [0.05, 0.1) is 12.6 Å². The van der Waals surface area contributed by atoms with Crippen LogP contribution in [0.5, 0.6) is 0 Å². The van der Waals surface area contributed by atoms with Crippen molar-refractivity contribution in [3.05, 3.63) is 0 Å². The van der Waals surface area contributed by atoms with E-state index < -0.39 is 23.8 Å². The summed E-state index contributed by atoms with van der Waals surface area (Å²) in [7, 11) is 0. The first-order chi connectivity index (χ1) is 7.00. The normalized spacial score (nSPS) is 19.9. The maximum absolute atomic E-state index is 11.4. The van der Waals surface area contributed by atoms with E-state index in [9.17, 15) is 14.4 Å². The SMILES string of the molecule is CC(O)CCN1C(=O)CNC(=O)CC1=O. The van der Waals surface area contributed by atoms with Crippen molar-refractivity contribution in [1.29, 1.82) is 0 Å². The summed E-state index contributed by atoms with van der Waals surface area (Å²) in [5.74, 6) is -1.37. The molecule has 1 atom stereocenters. The maximum atomic E-state index is 11.4. The third-order valence-electron chi connectivity index (χ3n) is 2.12. The van der Waals surface area contributed by atoms with Crippen molar-refractivity contribution < 1.29 is 19.5 Å². The summed E-state index contributed by atoms with van der Waals surface area (Å²) in [6.45, 7) is 1.59. The van der Waals surface area contributed by atoms with Crippen LogP contribution < -0.4 is 5.32 Å². The molecule has 6 heteroatoms. The fourth-order valence-corrected chi connectivity index (χ4v) is 1.27. The van der Waals surface area contributed by atoms with Gasteiger partial charge in [-0.3, -0.25) is 19.3 Å². The average molecular weight is 214 g/mol. The van der Waals surface area contributed by atoms with Gasteiger partial charge in [-0.05, 0) is 13.3 Å². The summed E-state index contributed by atoms with van der Waals surface area (Å²) in [5.41, 5.74) is 0. The van der Waals surface area contributed by atoms with Crippen molar-refractivity contribution in [2.24, 2.45) is 0 Å². The molecule has 1 fully saturated rings. The molecule has 0 bridgehead atoms. The number of aliphatic hydroxyl groups excluding tert-OH is 1. The summed E-state index contributed by atoms with van der Waals surface area (Å²) in [6.07, 6.45) is -0.547. The predicted octanol–water partition coefficient (Wildman–Crippen LogP) is -1.37. The fraction of sp³-hybridized carbons (Fsp3) is 0.667. The molecule has 0 aromatic heterocycles. The quantitative estimate of drug-likeness (QED) is 0.448. The third kappa shape index (κ3) is 3.32. The van der Waals surface area contributed by atoms with E-state index in [1.54, 1.807) is 6.92 Å². The second-order valence-electron chi connectivity index (χ2n) is 3.53. The lowest BCUT2D eigenvalue weighted by Gasteiger charge is -2.18. The van der Waals surface area contributed by atoms with Crippen molar-refractivity contribution in [1.82, 2.24) is 10.2 Å². The van der Waals surface area contributed by atoms with E-state index in [0.29, 0.717) is 6.42 Å². The summed E-state index contributed by atoms with van der Waals surface area (Å²) in [5, 5.41) is 11.4. The number of nitrogens with one attached hydrogen (secondary N) is 1. The molecule has 0 aromatic rings. The lowest BCUT2D eigenvalue weighted by molar-refractivity contribution is -0.143. The smallest absolute Gasteiger partial charge is 0.248 e. The number of aliphatic hydroxyl groups is 1. The second-order valence-corrected chi connectivity index (χ2v) is 3.53. The summed E-state index contributed by atoms with van der Waals surface area (Å²) < 4.78 is 0. The predicted molar refractivity (Wildman–Crippen MR) is 50.6 cm³/mol. The van der Waals surface area contributed by atoms with Gasteiger partial charge in [-0.25, -0.2) is 0 Å². The van der Waals surface area contributed by atoms with Crippen molar-refractivity contribution in [2.45, 2.75) is 25.9 Å². The first-order valence-electron chi connectivity index (χ1n) is 4.78. The van der Waals surface area contributed by atoms with Gasteiger partial charge in [-0.2, -0.15) is 0 Å². The Morgan fingerprint density at radius 1 is 1.40 bits per heavy atom.